The first-order valence-corrected chi connectivity index (χ1v) is 14.3. The molecular formula is C24H24ClN3O6S2. The molecule has 0 aromatic heterocycles. The molecule has 9 nitrogen and oxygen atoms in total. The van der Waals surface area contributed by atoms with Gasteiger partial charge in [-0.1, -0.05) is 23.7 Å². The fourth-order valence-electron chi connectivity index (χ4n) is 3.78. The minimum absolute atomic E-state index is 0.0756. The number of hydrogen-bond donors (Lipinski definition) is 2. The van der Waals surface area contributed by atoms with E-state index in [-0.39, 0.29) is 43.4 Å². The Bertz CT molecular complexity index is 1490. The van der Waals surface area contributed by atoms with Crippen molar-refractivity contribution in [3.8, 4) is 5.75 Å². The summed E-state index contributed by atoms with van der Waals surface area (Å²) < 4.78 is 61.5. The third kappa shape index (κ3) is 5.58. The lowest BCUT2D eigenvalue weighted by atomic mass is 10.1. The number of anilines is 2. The van der Waals surface area contributed by atoms with E-state index >= 15 is 0 Å². The summed E-state index contributed by atoms with van der Waals surface area (Å²) in [5.41, 5.74) is 0.534. The van der Waals surface area contributed by atoms with Crippen molar-refractivity contribution in [3.63, 3.8) is 0 Å². The van der Waals surface area contributed by atoms with Gasteiger partial charge in [-0.15, -0.1) is 0 Å². The van der Waals surface area contributed by atoms with Crippen LogP contribution < -0.4 is 14.2 Å². The van der Waals surface area contributed by atoms with Gasteiger partial charge in [0.1, 0.15) is 5.75 Å². The van der Waals surface area contributed by atoms with Crippen LogP contribution in [0.1, 0.15) is 23.2 Å². The van der Waals surface area contributed by atoms with Gasteiger partial charge in [-0.25, -0.2) is 16.8 Å². The predicted octanol–water partition coefficient (Wildman–Crippen LogP) is 4.19. The topological polar surface area (TPSA) is 122 Å². The summed E-state index contributed by atoms with van der Waals surface area (Å²) >= 11 is 6.03. The van der Waals surface area contributed by atoms with Crippen molar-refractivity contribution >= 4 is 48.9 Å². The van der Waals surface area contributed by atoms with Gasteiger partial charge in [0, 0.05) is 18.8 Å². The summed E-state index contributed by atoms with van der Waals surface area (Å²) in [6.07, 6.45) is 1.79. The molecule has 12 heteroatoms. The Labute approximate surface area is 215 Å². The summed E-state index contributed by atoms with van der Waals surface area (Å²) in [6.45, 7) is 1.22. The summed E-state index contributed by atoms with van der Waals surface area (Å²) in [5.74, 6) is -0.00610. The molecule has 1 heterocycles. The van der Waals surface area contributed by atoms with Crippen molar-refractivity contribution < 1.29 is 26.4 Å². The van der Waals surface area contributed by atoms with Crippen molar-refractivity contribution in [3.05, 3.63) is 77.3 Å². The molecule has 0 unspecified atom stereocenters. The van der Waals surface area contributed by atoms with Crippen LogP contribution in [0.25, 0.3) is 0 Å². The fraction of sp³-hybridized carbons (Fsp3) is 0.208. The van der Waals surface area contributed by atoms with E-state index in [1.54, 1.807) is 23.1 Å². The van der Waals surface area contributed by atoms with Gasteiger partial charge in [0.15, 0.2) is 0 Å². The van der Waals surface area contributed by atoms with Crippen molar-refractivity contribution in [1.82, 2.24) is 4.90 Å². The van der Waals surface area contributed by atoms with Crippen molar-refractivity contribution in [2.45, 2.75) is 22.6 Å². The number of benzene rings is 3. The van der Waals surface area contributed by atoms with Gasteiger partial charge in [-0.2, -0.15) is 0 Å². The van der Waals surface area contributed by atoms with Gasteiger partial charge in [-0.05, 0) is 67.4 Å². The molecule has 2 N–H and O–H groups in total. The maximum Gasteiger partial charge on any atom is 0.261 e. The number of methoxy groups -OCH3 is 1. The third-order valence-corrected chi connectivity index (χ3v) is 8.73. The van der Waals surface area contributed by atoms with E-state index in [0.717, 1.165) is 12.8 Å². The van der Waals surface area contributed by atoms with Crippen LogP contribution in [0, 0.1) is 0 Å². The van der Waals surface area contributed by atoms with E-state index in [9.17, 15) is 21.6 Å². The number of halogens is 1. The molecule has 4 rings (SSSR count). The maximum absolute atomic E-state index is 13.0. The maximum atomic E-state index is 13.0. The zero-order valence-corrected chi connectivity index (χ0v) is 21.7. The zero-order chi connectivity index (χ0) is 25.9. The third-order valence-electron chi connectivity index (χ3n) is 5.64. The fourth-order valence-corrected chi connectivity index (χ4v) is 6.18. The minimum atomic E-state index is -4.08. The highest BCUT2D eigenvalue weighted by molar-refractivity contribution is 7.93. The second-order valence-electron chi connectivity index (χ2n) is 8.08. The number of nitrogens with one attached hydrogen (secondary N) is 2. The Morgan fingerprint density at radius 2 is 1.47 bits per heavy atom. The van der Waals surface area contributed by atoms with Gasteiger partial charge >= 0.3 is 0 Å². The lowest BCUT2D eigenvalue weighted by Crippen LogP contribution is -2.28. The lowest BCUT2D eigenvalue weighted by molar-refractivity contribution is 0.0789. The van der Waals surface area contributed by atoms with Crippen LogP contribution in [0.4, 0.5) is 11.4 Å². The Morgan fingerprint density at radius 1 is 0.861 bits per heavy atom. The quantitative estimate of drug-likeness (QED) is 0.434. The number of likely N-dealkylation sites (tertiary alicyclic amines) is 1. The zero-order valence-electron chi connectivity index (χ0n) is 19.3. The first-order chi connectivity index (χ1) is 17.1. The Balaban J connectivity index is 1.54. The van der Waals surface area contributed by atoms with E-state index in [1.165, 1.54) is 55.6 Å². The van der Waals surface area contributed by atoms with E-state index in [1.807, 2.05) is 0 Å². The summed E-state index contributed by atoms with van der Waals surface area (Å²) in [5, 5.41) is 0.243. The van der Waals surface area contributed by atoms with Crippen molar-refractivity contribution in [1.29, 1.82) is 0 Å². The van der Waals surface area contributed by atoms with Crippen LogP contribution in [0.2, 0.25) is 5.02 Å². The first kappa shape index (κ1) is 25.8. The van der Waals surface area contributed by atoms with E-state index in [4.69, 9.17) is 16.3 Å². The van der Waals surface area contributed by atoms with Gasteiger partial charge in [0.05, 0.1) is 33.2 Å². The molecule has 0 saturated carbocycles. The molecule has 0 atom stereocenters. The molecule has 0 bridgehead atoms. The SMILES string of the molecule is COc1ccc(S(=O)(=O)Nc2ccc(S(=O)(=O)Nc3ccccc3Cl)cc2)cc1C(=O)N1CCCC1. The molecule has 0 aliphatic carbocycles. The molecule has 190 valence electrons. The van der Waals surface area contributed by atoms with Gasteiger partial charge in [0.25, 0.3) is 26.0 Å². The first-order valence-electron chi connectivity index (χ1n) is 11.0. The molecule has 0 spiro atoms. The van der Waals surface area contributed by atoms with Crippen LogP contribution in [0.3, 0.4) is 0 Å². The monoisotopic (exact) mass is 549 g/mol. The van der Waals surface area contributed by atoms with E-state index in [0.29, 0.717) is 13.1 Å². The molecule has 1 fully saturated rings. The second kappa shape index (κ2) is 10.4. The summed E-state index contributed by atoms with van der Waals surface area (Å²) in [4.78, 5) is 14.4. The minimum Gasteiger partial charge on any atom is -0.496 e. The van der Waals surface area contributed by atoms with Crippen LogP contribution in [-0.2, 0) is 20.0 Å². The predicted molar refractivity (Wildman–Crippen MR) is 138 cm³/mol. The number of nitrogens with zero attached hydrogens (tertiary/aromatic N) is 1. The number of carbonyl (C=O) groups excluding carboxylic acids is 1. The molecule has 3 aromatic carbocycles. The molecule has 3 aromatic rings. The summed E-state index contributed by atoms with van der Waals surface area (Å²) in [6, 6.07) is 15.7. The van der Waals surface area contributed by atoms with Crippen LogP contribution in [0.5, 0.6) is 5.75 Å². The highest BCUT2D eigenvalue weighted by atomic mass is 35.5. The van der Waals surface area contributed by atoms with Gasteiger partial charge in [0.2, 0.25) is 0 Å². The molecule has 0 radical (unpaired) electrons. The van der Waals surface area contributed by atoms with Crippen LogP contribution >= 0.6 is 11.6 Å². The molecule has 1 saturated heterocycles. The van der Waals surface area contributed by atoms with Crippen LogP contribution in [-0.4, -0.2) is 47.8 Å². The average Bonchev–Trinajstić information content (AvgIpc) is 3.40. The summed E-state index contributed by atoms with van der Waals surface area (Å²) in [7, 11) is -6.61. The van der Waals surface area contributed by atoms with Gasteiger partial charge in [-0.3, -0.25) is 14.2 Å². The number of para-hydroxylation sites is 1. The highest BCUT2D eigenvalue weighted by Crippen LogP contribution is 2.28. The molecular weight excluding hydrogens is 526 g/mol. The molecule has 1 aliphatic rings. The van der Waals surface area contributed by atoms with Gasteiger partial charge < -0.3 is 9.64 Å². The van der Waals surface area contributed by atoms with Crippen LogP contribution in [0.15, 0.2) is 76.5 Å². The van der Waals surface area contributed by atoms with Crippen molar-refractivity contribution in [2.75, 3.05) is 29.6 Å². The Hall–Kier alpha value is -3.28. The average molecular weight is 550 g/mol. The number of hydrogen-bond acceptors (Lipinski definition) is 6. The Kier molecular flexibility index (Phi) is 7.43. The number of amides is 1. The second-order valence-corrected chi connectivity index (χ2v) is 11.8. The number of carbonyl (C=O) groups is 1. The highest BCUT2D eigenvalue weighted by Gasteiger charge is 2.25. The number of ether oxygens (including phenoxy) is 1. The van der Waals surface area contributed by atoms with Crippen molar-refractivity contribution in [2.24, 2.45) is 0 Å². The van der Waals surface area contributed by atoms with E-state index in [2.05, 4.69) is 9.44 Å². The molecule has 36 heavy (non-hydrogen) atoms. The molecule has 1 amide bonds. The number of rotatable bonds is 8. The Morgan fingerprint density at radius 3 is 2.11 bits per heavy atom. The lowest BCUT2D eigenvalue weighted by Gasteiger charge is -2.18. The van der Waals surface area contributed by atoms with E-state index < -0.39 is 20.0 Å². The normalized spacial score (nSPS) is 13.9. The standard InChI is InChI=1S/C24H24ClN3O6S2/c1-34-23-13-12-19(16-20(23)24(29)28-14-4-5-15-28)36(32,33)26-17-8-10-18(11-9-17)35(30,31)27-22-7-3-2-6-21(22)25/h2-3,6-13,16,26-27H,4-5,14-15H2,1H3. The largest absolute Gasteiger partial charge is 0.496 e. The number of sulfonamides is 2. The smallest absolute Gasteiger partial charge is 0.261 e. The molecule has 1 aliphatic heterocycles.